The van der Waals surface area contributed by atoms with Crippen LogP contribution in [0.25, 0.3) is 55.0 Å². The molecule has 2 atom stereocenters. The smallest absolute Gasteiger partial charge is 0.242 e. The minimum Gasteiger partial charge on any atom is -0.309 e. The zero-order valence-corrected chi connectivity index (χ0v) is 31.3. The molecule has 0 amide bonds. The Morgan fingerprint density at radius 1 is 0.538 bits per heavy atom. The molecule has 2 aromatic heterocycles. The van der Waals surface area contributed by atoms with E-state index in [4.69, 9.17) is 0 Å². The molecule has 9 rings (SSSR count). The van der Waals surface area contributed by atoms with Crippen molar-refractivity contribution in [3.05, 3.63) is 167 Å². The molecule has 3 heteroatoms. The van der Waals surface area contributed by atoms with Gasteiger partial charge in [0.05, 0.1) is 22.1 Å². The van der Waals surface area contributed by atoms with Crippen LogP contribution in [0.5, 0.6) is 0 Å². The lowest BCUT2D eigenvalue weighted by atomic mass is 9.32. The normalized spacial score (nSPS) is 16.4. The molecule has 2 heterocycles. The summed E-state index contributed by atoms with van der Waals surface area (Å²) >= 11 is 0. The molecule has 0 saturated carbocycles. The largest absolute Gasteiger partial charge is 0.309 e. The van der Waals surface area contributed by atoms with Gasteiger partial charge in [-0.15, -0.1) is 0 Å². The van der Waals surface area contributed by atoms with Gasteiger partial charge in [0.25, 0.3) is 0 Å². The number of nitrogens with zero attached hydrogens (tertiary/aromatic N) is 2. The number of rotatable bonds is 5. The van der Waals surface area contributed by atoms with Crippen LogP contribution in [0.1, 0.15) is 44.4 Å². The van der Waals surface area contributed by atoms with Gasteiger partial charge in [-0.2, -0.15) is 0 Å². The summed E-state index contributed by atoms with van der Waals surface area (Å²) in [6.45, 7) is 16.4. The van der Waals surface area contributed by atoms with Crippen LogP contribution >= 0.6 is 0 Å². The van der Waals surface area contributed by atoms with Crippen LogP contribution in [0.2, 0.25) is 0 Å². The van der Waals surface area contributed by atoms with Crippen LogP contribution in [-0.4, -0.2) is 15.8 Å². The Balaban J connectivity index is 1.31. The number of benzene rings is 6. The molecule has 0 spiro atoms. The van der Waals surface area contributed by atoms with Gasteiger partial charge in [-0.3, -0.25) is 0 Å². The van der Waals surface area contributed by atoms with E-state index in [1.165, 1.54) is 99.2 Å². The van der Waals surface area contributed by atoms with Gasteiger partial charge in [0.1, 0.15) is 0 Å². The number of hydrogen-bond acceptors (Lipinski definition) is 0. The van der Waals surface area contributed by atoms with Crippen molar-refractivity contribution in [3.63, 3.8) is 0 Å². The molecular formula is C49H45BN2. The lowest BCUT2D eigenvalue weighted by molar-refractivity contribution is 0.517. The fourth-order valence-corrected chi connectivity index (χ4v) is 9.61. The maximum atomic E-state index is 2.51. The van der Waals surface area contributed by atoms with Gasteiger partial charge in [0.2, 0.25) is 6.71 Å². The Labute approximate surface area is 307 Å². The lowest BCUT2D eigenvalue weighted by Gasteiger charge is -2.33. The van der Waals surface area contributed by atoms with Crippen molar-refractivity contribution < 1.29 is 0 Å². The molecule has 0 aliphatic heterocycles. The maximum absolute atomic E-state index is 2.51. The minimum atomic E-state index is 0.162. The van der Waals surface area contributed by atoms with Crippen LogP contribution in [0.3, 0.4) is 0 Å². The topological polar surface area (TPSA) is 9.86 Å². The predicted octanol–water partition coefficient (Wildman–Crippen LogP) is 11.5. The molecule has 1 aliphatic rings. The van der Waals surface area contributed by atoms with Crippen molar-refractivity contribution in [3.8, 4) is 11.4 Å². The Bertz CT molecular complexity index is 2730. The van der Waals surface area contributed by atoms with E-state index in [1.807, 2.05) is 0 Å². The molecular weight excluding hydrogens is 627 g/mol. The molecule has 0 radical (unpaired) electrons. The van der Waals surface area contributed by atoms with Gasteiger partial charge in [0.15, 0.2) is 0 Å². The van der Waals surface area contributed by atoms with Gasteiger partial charge in [-0.25, -0.2) is 0 Å². The van der Waals surface area contributed by atoms with Gasteiger partial charge in [-0.05, 0) is 88.9 Å². The maximum Gasteiger partial charge on any atom is 0.242 e. The van der Waals surface area contributed by atoms with Crippen molar-refractivity contribution in [1.82, 2.24) is 9.13 Å². The van der Waals surface area contributed by atoms with E-state index in [9.17, 15) is 0 Å². The third-order valence-corrected chi connectivity index (χ3v) is 12.1. The summed E-state index contributed by atoms with van der Waals surface area (Å²) in [7, 11) is 0. The van der Waals surface area contributed by atoms with E-state index in [1.54, 1.807) is 0 Å². The van der Waals surface area contributed by atoms with Gasteiger partial charge >= 0.3 is 0 Å². The van der Waals surface area contributed by atoms with Crippen molar-refractivity contribution in [2.45, 2.75) is 48.5 Å². The highest BCUT2D eigenvalue weighted by Crippen LogP contribution is 2.42. The first-order valence-electron chi connectivity index (χ1n) is 18.8. The standard InChI is InChI=1S/C49H45BN2/c1-30-27-32(3)47(33(4)28-30)50(48-34(5)29-31(2)35(6)36(48)7)37-21-23-39(24-22-37)52-43-19-13-11-17-40(43)41-25-26-45-46(49(41)52)42-18-12-14-20-44(42)51(45)38-15-9-8-10-16-38/h8-29,31,35H,1-7H3. The van der Waals surface area contributed by atoms with E-state index in [-0.39, 0.29) is 6.71 Å². The zero-order valence-electron chi connectivity index (χ0n) is 31.3. The molecule has 1 aliphatic carbocycles. The molecule has 2 unspecified atom stereocenters. The SMILES string of the molecule is CC1=CC(C)C(C)C(C)=C1B(c1ccc(-n2c3ccccc3c3ccc4c(c5ccccc5n4-c4ccccc4)c32)cc1)c1c(C)cc(C)cc1C. The van der Waals surface area contributed by atoms with Crippen molar-refractivity contribution in [1.29, 1.82) is 0 Å². The van der Waals surface area contributed by atoms with Crippen molar-refractivity contribution in [2.24, 2.45) is 11.8 Å². The number of aryl methyl sites for hydroxylation is 3. The molecule has 0 N–H and O–H groups in total. The third kappa shape index (κ3) is 4.86. The van der Waals surface area contributed by atoms with Crippen molar-refractivity contribution in [2.75, 3.05) is 0 Å². The Hall–Kier alpha value is -5.54. The zero-order chi connectivity index (χ0) is 35.8. The molecule has 0 bridgehead atoms. The highest BCUT2D eigenvalue weighted by Gasteiger charge is 2.33. The average Bonchev–Trinajstić information content (AvgIpc) is 3.66. The van der Waals surface area contributed by atoms with Crippen LogP contribution in [0.15, 0.2) is 150 Å². The van der Waals surface area contributed by atoms with E-state index >= 15 is 0 Å². The number of aromatic nitrogens is 2. The summed E-state index contributed by atoms with van der Waals surface area (Å²) in [6.07, 6.45) is 2.50. The average molecular weight is 673 g/mol. The Morgan fingerprint density at radius 3 is 1.83 bits per heavy atom. The molecule has 0 fully saturated rings. The highest BCUT2D eigenvalue weighted by molar-refractivity contribution is 6.92. The van der Waals surface area contributed by atoms with Gasteiger partial charge in [-0.1, -0.05) is 149 Å². The molecule has 52 heavy (non-hydrogen) atoms. The summed E-state index contributed by atoms with van der Waals surface area (Å²) in [6, 6.07) is 47.5. The fourth-order valence-electron chi connectivity index (χ4n) is 9.61. The number of allylic oxidation sites excluding steroid dienone is 4. The van der Waals surface area contributed by atoms with E-state index in [2.05, 4.69) is 191 Å². The number of hydrogen-bond donors (Lipinski definition) is 0. The molecule has 6 aromatic carbocycles. The van der Waals surface area contributed by atoms with Crippen LogP contribution < -0.4 is 10.9 Å². The van der Waals surface area contributed by atoms with Crippen LogP contribution in [0, 0.1) is 32.6 Å². The Morgan fingerprint density at radius 2 is 1.13 bits per heavy atom. The second-order valence-electron chi connectivity index (χ2n) is 15.3. The lowest BCUT2D eigenvalue weighted by Crippen LogP contribution is -2.48. The molecule has 8 aromatic rings. The minimum absolute atomic E-state index is 0.162. The number of fused-ring (bicyclic) bond motifs is 7. The Kier molecular flexibility index (Phi) is 7.66. The first-order valence-corrected chi connectivity index (χ1v) is 18.8. The molecule has 0 saturated heterocycles. The second-order valence-corrected chi connectivity index (χ2v) is 15.3. The van der Waals surface area contributed by atoms with Gasteiger partial charge < -0.3 is 9.13 Å². The van der Waals surface area contributed by atoms with E-state index in [0.717, 1.165) is 0 Å². The third-order valence-electron chi connectivity index (χ3n) is 12.1. The summed E-state index contributed by atoms with van der Waals surface area (Å²) in [4.78, 5) is 0. The monoisotopic (exact) mass is 672 g/mol. The summed E-state index contributed by atoms with van der Waals surface area (Å²) in [5.74, 6) is 1.04. The van der Waals surface area contributed by atoms with Crippen LogP contribution in [-0.2, 0) is 0 Å². The summed E-state index contributed by atoms with van der Waals surface area (Å²) in [5.41, 5.74) is 18.5. The van der Waals surface area contributed by atoms with E-state index < -0.39 is 0 Å². The molecule has 254 valence electrons. The highest BCUT2D eigenvalue weighted by atomic mass is 15.0. The summed E-state index contributed by atoms with van der Waals surface area (Å²) < 4.78 is 4.93. The molecule has 2 nitrogen and oxygen atoms in total. The summed E-state index contributed by atoms with van der Waals surface area (Å²) in [5, 5.41) is 5.10. The van der Waals surface area contributed by atoms with Gasteiger partial charge in [0, 0.05) is 32.9 Å². The number of para-hydroxylation sites is 3. The van der Waals surface area contributed by atoms with Crippen LogP contribution in [0.4, 0.5) is 0 Å². The predicted molar refractivity (Wildman–Crippen MR) is 226 cm³/mol. The van der Waals surface area contributed by atoms with Crippen molar-refractivity contribution >= 4 is 61.3 Å². The first-order chi connectivity index (χ1) is 25.2. The first kappa shape index (κ1) is 32.4. The quantitative estimate of drug-likeness (QED) is 0.161. The second kappa shape index (κ2) is 12.3. The fraction of sp³-hybridized carbons (Fsp3) is 0.184. The van der Waals surface area contributed by atoms with E-state index in [0.29, 0.717) is 11.8 Å².